The summed E-state index contributed by atoms with van der Waals surface area (Å²) < 4.78 is 0. The van der Waals surface area contributed by atoms with E-state index in [1.807, 2.05) is 0 Å². The minimum absolute atomic E-state index is 0. The quantitative estimate of drug-likeness (QED) is 0.124. The van der Waals surface area contributed by atoms with Crippen molar-refractivity contribution in [1.82, 2.24) is 0 Å². The van der Waals surface area contributed by atoms with Gasteiger partial charge in [0.1, 0.15) is 0 Å². The van der Waals surface area contributed by atoms with Crippen LogP contribution in [0.1, 0.15) is 24.0 Å². The van der Waals surface area contributed by atoms with Crippen LogP contribution >= 0.6 is 0 Å². The van der Waals surface area contributed by atoms with Crippen LogP contribution in [0.15, 0.2) is 72.8 Å². The van der Waals surface area contributed by atoms with Gasteiger partial charge in [-0.1, -0.05) is 50.9 Å². The zero-order valence-corrected chi connectivity index (χ0v) is 28.4. The van der Waals surface area contributed by atoms with Crippen LogP contribution in [0.4, 0.5) is 0 Å². The summed E-state index contributed by atoms with van der Waals surface area (Å²) in [7, 11) is 1.31. The maximum atomic E-state index is 2.20. The number of fused-ring (bicyclic) bond motifs is 2. The standard InChI is InChI=1S/2C10H9.C4H8Si.4CH3.2Hf/c2*1-8-6-9-4-2-3-5-10(9)7-8;1-2-4-5-3-1;;;;;;/h2*2-7H,1H3;1-4H2;4*1H3;;/q2*-1;;4*-1;;. The molecule has 1 saturated heterocycles. The summed E-state index contributed by atoms with van der Waals surface area (Å²) in [6.07, 6.45) is 3.02. The molecule has 1 aliphatic heterocycles. The zero-order valence-electron chi connectivity index (χ0n) is 20.3. The second-order valence-corrected chi connectivity index (χ2v) is 8.28. The van der Waals surface area contributed by atoms with E-state index in [0.717, 1.165) is 0 Å². The fourth-order valence-corrected chi connectivity index (χ4v) is 4.49. The van der Waals surface area contributed by atoms with Crippen molar-refractivity contribution >= 4 is 31.1 Å². The maximum Gasteiger partial charge on any atom is 0.0377 e. The van der Waals surface area contributed by atoms with Crippen LogP contribution in [0.25, 0.3) is 21.5 Å². The molecule has 4 aromatic carbocycles. The van der Waals surface area contributed by atoms with Gasteiger partial charge in [-0.25, -0.2) is 0 Å². The van der Waals surface area contributed by atoms with Crippen LogP contribution in [-0.2, 0) is 51.7 Å². The Morgan fingerprint density at radius 3 is 1.26 bits per heavy atom. The Kier molecular flexibility index (Phi) is 24.8. The van der Waals surface area contributed by atoms with E-state index < -0.39 is 0 Å². The van der Waals surface area contributed by atoms with Crippen LogP contribution in [0.3, 0.4) is 0 Å². The fraction of sp³-hybridized carbons (Fsp3) is 0.214. The third kappa shape index (κ3) is 12.4. The first-order valence-electron chi connectivity index (χ1n) is 9.17. The van der Waals surface area contributed by atoms with Crippen LogP contribution in [0.2, 0.25) is 12.1 Å². The largest absolute Gasteiger partial charge is 0.358 e. The van der Waals surface area contributed by atoms with E-state index in [0.29, 0.717) is 0 Å². The van der Waals surface area contributed by atoms with Gasteiger partial charge in [-0.15, -0.1) is 81.2 Å². The van der Waals surface area contributed by atoms with Crippen molar-refractivity contribution in [1.29, 1.82) is 0 Å². The third-order valence-corrected chi connectivity index (χ3v) is 5.90. The summed E-state index contributed by atoms with van der Waals surface area (Å²) in [5, 5.41) is 5.39. The van der Waals surface area contributed by atoms with Gasteiger partial charge in [-0.2, -0.15) is 12.1 Å². The monoisotopic (exact) mass is 762 g/mol. The Morgan fingerprint density at radius 1 is 0.613 bits per heavy atom. The zero-order chi connectivity index (χ0) is 17.5. The minimum atomic E-state index is 0. The van der Waals surface area contributed by atoms with E-state index in [1.165, 1.54) is 67.1 Å². The van der Waals surface area contributed by atoms with Gasteiger partial charge in [0.2, 0.25) is 0 Å². The van der Waals surface area contributed by atoms with E-state index in [4.69, 9.17) is 0 Å². The average Bonchev–Trinajstić information content (AvgIpc) is 3.35. The molecule has 0 saturated carbocycles. The molecular weight excluding hydrogens is 721 g/mol. The molecule has 0 aromatic heterocycles. The molecule has 0 bridgehead atoms. The number of aryl methyl sites for hydroxylation is 2. The van der Waals surface area contributed by atoms with Crippen molar-refractivity contribution in [2.75, 3.05) is 0 Å². The summed E-state index contributed by atoms with van der Waals surface area (Å²) in [6, 6.07) is 28.7. The Bertz CT molecular complexity index is 771. The van der Waals surface area contributed by atoms with E-state index in [9.17, 15) is 0 Å². The van der Waals surface area contributed by atoms with E-state index >= 15 is 0 Å². The van der Waals surface area contributed by atoms with Crippen LogP contribution in [0.5, 0.6) is 0 Å². The van der Waals surface area contributed by atoms with Gasteiger partial charge in [-0.05, 0) is 0 Å². The molecule has 1 aliphatic rings. The summed E-state index contributed by atoms with van der Waals surface area (Å²) in [5.74, 6) is 0. The molecule has 0 unspecified atom stereocenters. The van der Waals surface area contributed by atoms with Gasteiger partial charge in [0.05, 0.1) is 0 Å². The van der Waals surface area contributed by atoms with Gasteiger partial charge >= 0.3 is 0 Å². The van der Waals surface area contributed by atoms with Crippen molar-refractivity contribution in [3.8, 4) is 0 Å². The number of benzene rings is 2. The summed E-state index contributed by atoms with van der Waals surface area (Å²) in [6.45, 7) is 4.25. The molecule has 0 nitrogen and oxygen atoms in total. The van der Waals surface area contributed by atoms with Crippen molar-refractivity contribution in [2.24, 2.45) is 0 Å². The molecule has 31 heavy (non-hydrogen) atoms. The molecule has 1 heterocycles. The summed E-state index contributed by atoms with van der Waals surface area (Å²) in [4.78, 5) is 0. The molecule has 5 rings (SSSR count). The molecule has 4 aromatic rings. The predicted molar refractivity (Wildman–Crippen MR) is 139 cm³/mol. The Morgan fingerprint density at radius 2 is 0.968 bits per heavy atom. The summed E-state index contributed by atoms with van der Waals surface area (Å²) in [5.41, 5.74) is 2.70. The summed E-state index contributed by atoms with van der Waals surface area (Å²) >= 11 is 0. The van der Waals surface area contributed by atoms with Crippen molar-refractivity contribution in [2.45, 2.75) is 38.8 Å². The second kappa shape index (κ2) is 20.2. The molecule has 0 amide bonds. The number of rotatable bonds is 0. The van der Waals surface area contributed by atoms with Crippen molar-refractivity contribution < 1.29 is 51.7 Å². The van der Waals surface area contributed by atoms with Gasteiger partial charge in [0.15, 0.2) is 0 Å². The molecule has 0 spiro atoms. The molecule has 3 heteroatoms. The van der Waals surface area contributed by atoms with Crippen molar-refractivity contribution in [3.05, 3.63) is 114 Å². The third-order valence-electron chi connectivity index (χ3n) is 4.48. The first-order chi connectivity index (χ1) is 12.2. The molecule has 168 valence electrons. The van der Waals surface area contributed by atoms with E-state index in [1.54, 1.807) is 0 Å². The number of hydrogen-bond acceptors (Lipinski definition) is 0. The first kappa shape index (κ1) is 37.9. The second-order valence-electron chi connectivity index (χ2n) is 6.78. The van der Waals surface area contributed by atoms with E-state index in [2.05, 4.69) is 86.6 Å². The molecule has 2 radical (unpaired) electrons. The van der Waals surface area contributed by atoms with E-state index in [-0.39, 0.29) is 81.4 Å². The molecule has 0 N–H and O–H groups in total. The van der Waals surface area contributed by atoms with Crippen LogP contribution in [0, 0.1) is 43.6 Å². The normalized spacial score (nSPS) is 10.6. The Labute approximate surface area is 233 Å². The number of hydrogen-bond donors (Lipinski definition) is 0. The SMILES string of the molecule is C1CC[Si]C1.Cc1cc2ccccc2[cH-]1.Cc1cc2ccccc2[cH-]1.[CH3-].[CH3-].[CH3-].[CH3-].[Hf].[Hf]. The van der Waals surface area contributed by atoms with Crippen molar-refractivity contribution in [3.63, 3.8) is 0 Å². The van der Waals surface area contributed by atoms with Gasteiger partial charge in [-0.3, -0.25) is 0 Å². The van der Waals surface area contributed by atoms with Crippen LogP contribution < -0.4 is 0 Å². The van der Waals surface area contributed by atoms with Crippen LogP contribution in [-0.4, -0.2) is 9.52 Å². The molecule has 0 atom stereocenters. The van der Waals surface area contributed by atoms with Gasteiger partial charge in [0, 0.05) is 61.2 Å². The first-order valence-corrected chi connectivity index (χ1v) is 10.6. The molecular formula is C28H38Hf2Si-6. The fourth-order valence-electron chi connectivity index (χ4n) is 3.24. The Hall–Kier alpha value is -0.383. The average molecular weight is 760 g/mol. The van der Waals surface area contributed by atoms with Gasteiger partial charge < -0.3 is 29.7 Å². The predicted octanol–water partition coefficient (Wildman–Crippen LogP) is 8.85. The molecule has 1 fully saturated rings. The maximum absolute atomic E-state index is 2.20. The smallest absolute Gasteiger partial charge is 0.0377 e. The molecule has 0 aliphatic carbocycles. The van der Waals surface area contributed by atoms with Gasteiger partial charge in [0.25, 0.3) is 0 Å². The Balaban J connectivity index is -0.000000167. The minimum Gasteiger partial charge on any atom is -0.358 e. The topological polar surface area (TPSA) is 0 Å².